The quantitative estimate of drug-likeness (QED) is 0.333. The summed E-state index contributed by atoms with van der Waals surface area (Å²) in [6, 6.07) is 18.0. The zero-order chi connectivity index (χ0) is 26.7. The Morgan fingerprint density at radius 3 is 2.46 bits per heavy atom. The standard InChI is InChI=1S/C29H29N3O5/c1-17(2)22-15-23(18(3)14-26(22)36-5)27-31-24-12-8-7-11-21(24)28(33)32(27)30-16-20-10-6-9-13-25(20)37-19(4)29(34)35/h6-17,19H,1-5H3,(H,34,35)/t19-/m1/s1. The van der Waals surface area contributed by atoms with Crippen LogP contribution < -0.4 is 15.0 Å². The van der Waals surface area contributed by atoms with Gasteiger partial charge in [-0.3, -0.25) is 4.79 Å². The number of hydrogen-bond acceptors (Lipinski definition) is 6. The number of aryl methyl sites for hydroxylation is 1. The maximum absolute atomic E-state index is 13.6. The predicted molar refractivity (Wildman–Crippen MR) is 144 cm³/mol. The van der Waals surface area contributed by atoms with Gasteiger partial charge in [-0.2, -0.15) is 9.78 Å². The lowest BCUT2D eigenvalue weighted by molar-refractivity contribution is -0.144. The van der Waals surface area contributed by atoms with Crippen LogP contribution in [0.2, 0.25) is 0 Å². The number of aliphatic carboxylic acids is 1. The minimum Gasteiger partial charge on any atom is -0.496 e. The van der Waals surface area contributed by atoms with Gasteiger partial charge in [0.25, 0.3) is 5.56 Å². The first kappa shape index (κ1) is 25.6. The molecule has 0 unspecified atom stereocenters. The highest BCUT2D eigenvalue weighted by molar-refractivity contribution is 5.85. The zero-order valence-corrected chi connectivity index (χ0v) is 21.4. The Labute approximate surface area is 214 Å². The number of carbonyl (C=O) groups is 1. The number of carboxylic acid groups (broad SMARTS) is 1. The monoisotopic (exact) mass is 499 g/mol. The van der Waals surface area contributed by atoms with E-state index in [2.05, 4.69) is 18.9 Å². The second-order valence-electron chi connectivity index (χ2n) is 9.01. The minimum atomic E-state index is -1.08. The van der Waals surface area contributed by atoms with Crippen LogP contribution in [0.3, 0.4) is 0 Å². The van der Waals surface area contributed by atoms with E-state index in [-0.39, 0.29) is 11.5 Å². The molecule has 1 aromatic heterocycles. The van der Waals surface area contributed by atoms with E-state index in [0.717, 1.165) is 22.4 Å². The van der Waals surface area contributed by atoms with E-state index < -0.39 is 12.1 Å². The van der Waals surface area contributed by atoms with Crippen molar-refractivity contribution in [1.82, 2.24) is 9.66 Å². The molecule has 0 saturated carbocycles. The summed E-state index contributed by atoms with van der Waals surface area (Å²) >= 11 is 0. The van der Waals surface area contributed by atoms with Crippen LogP contribution in [0.4, 0.5) is 0 Å². The van der Waals surface area contributed by atoms with Gasteiger partial charge in [0.05, 0.1) is 24.2 Å². The van der Waals surface area contributed by atoms with Gasteiger partial charge in [0.1, 0.15) is 11.5 Å². The summed E-state index contributed by atoms with van der Waals surface area (Å²) < 4.78 is 12.5. The summed E-state index contributed by atoms with van der Waals surface area (Å²) in [6.07, 6.45) is 0.430. The third-order valence-corrected chi connectivity index (χ3v) is 6.08. The molecule has 1 atom stereocenters. The lowest BCUT2D eigenvalue weighted by Crippen LogP contribution is -2.23. The first-order chi connectivity index (χ1) is 17.7. The smallest absolute Gasteiger partial charge is 0.344 e. The molecule has 4 aromatic rings. The number of carboxylic acids is 1. The number of ether oxygens (including phenoxy) is 2. The van der Waals surface area contributed by atoms with Crippen LogP contribution >= 0.6 is 0 Å². The zero-order valence-electron chi connectivity index (χ0n) is 21.4. The van der Waals surface area contributed by atoms with Gasteiger partial charge in [0, 0.05) is 11.1 Å². The fourth-order valence-corrected chi connectivity index (χ4v) is 4.03. The van der Waals surface area contributed by atoms with Crippen LogP contribution in [-0.4, -0.2) is 40.2 Å². The number of para-hydroxylation sites is 2. The fourth-order valence-electron chi connectivity index (χ4n) is 4.03. The van der Waals surface area contributed by atoms with Gasteiger partial charge in [-0.15, -0.1) is 0 Å². The first-order valence-electron chi connectivity index (χ1n) is 11.9. The van der Waals surface area contributed by atoms with Gasteiger partial charge in [-0.05, 0) is 67.3 Å². The molecule has 8 nitrogen and oxygen atoms in total. The molecule has 0 bridgehead atoms. The molecule has 0 saturated heterocycles. The van der Waals surface area contributed by atoms with E-state index in [9.17, 15) is 14.7 Å². The maximum Gasteiger partial charge on any atom is 0.344 e. The van der Waals surface area contributed by atoms with E-state index in [1.54, 1.807) is 49.6 Å². The summed E-state index contributed by atoms with van der Waals surface area (Å²) in [7, 11) is 1.64. The van der Waals surface area contributed by atoms with Gasteiger partial charge >= 0.3 is 5.97 Å². The molecule has 0 spiro atoms. The average Bonchev–Trinajstić information content (AvgIpc) is 2.88. The molecule has 1 N–H and O–H groups in total. The predicted octanol–water partition coefficient (Wildman–Crippen LogP) is 5.24. The molecule has 190 valence electrons. The highest BCUT2D eigenvalue weighted by atomic mass is 16.5. The Hall–Kier alpha value is -4.46. The molecule has 0 amide bonds. The van der Waals surface area contributed by atoms with Crippen molar-refractivity contribution in [1.29, 1.82) is 0 Å². The molecule has 0 aliphatic rings. The molecule has 4 rings (SSSR count). The molecular weight excluding hydrogens is 470 g/mol. The molecule has 3 aromatic carbocycles. The van der Waals surface area contributed by atoms with Crippen LogP contribution in [0.5, 0.6) is 11.5 Å². The van der Waals surface area contributed by atoms with E-state index in [4.69, 9.17) is 14.5 Å². The number of aromatic nitrogens is 2. The van der Waals surface area contributed by atoms with Gasteiger partial charge in [-0.25, -0.2) is 9.78 Å². The van der Waals surface area contributed by atoms with Crippen molar-refractivity contribution in [2.45, 2.75) is 39.7 Å². The molecular formula is C29H29N3O5. The topological polar surface area (TPSA) is 103 Å². The highest BCUT2D eigenvalue weighted by Gasteiger charge is 2.19. The maximum atomic E-state index is 13.6. The van der Waals surface area contributed by atoms with Crippen molar-refractivity contribution in [3.63, 3.8) is 0 Å². The number of nitrogens with zero attached hydrogens (tertiary/aromatic N) is 3. The van der Waals surface area contributed by atoms with E-state index >= 15 is 0 Å². The second kappa shape index (κ2) is 10.7. The lowest BCUT2D eigenvalue weighted by atomic mass is 9.96. The third-order valence-electron chi connectivity index (χ3n) is 6.08. The van der Waals surface area contributed by atoms with Gasteiger partial charge < -0.3 is 14.6 Å². The van der Waals surface area contributed by atoms with Crippen molar-refractivity contribution in [3.8, 4) is 22.9 Å². The van der Waals surface area contributed by atoms with Crippen molar-refractivity contribution in [2.75, 3.05) is 7.11 Å². The number of rotatable bonds is 8. The molecule has 37 heavy (non-hydrogen) atoms. The third kappa shape index (κ3) is 5.23. The van der Waals surface area contributed by atoms with Gasteiger partial charge in [-0.1, -0.05) is 38.1 Å². The summed E-state index contributed by atoms with van der Waals surface area (Å²) in [5.74, 6) is 0.596. The Morgan fingerprint density at radius 2 is 1.76 bits per heavy atom. The number of methoxy groups -OCH3 is 1. The summed E-state index contributed by atoms with van der Waals surface area (Å²) in [4.78, 5) is 29.8. The van der Waals surface area contributed by atoms with E-state index in [0.29, 0.717) is 28.0 Å². The average molecular weight is 500 g/mol. The van der Waals surface area contributed by atoms with Gasteiger partial charge in [0.2, 0.25) is 0 Å². The van der Waals surface area contributed by atoms with Gasteiger partial charge in [0.15, 0.2) is 11.9 Å². The summed E-state index contributed by atoms with van der Waals surface area (Å²) in [5, 5.41) is 14.2. The molecule has 0 aliphatic carbocycles. The molecule has 1 heterocycles. The van der Waals surface area contributed by atoms with Crippen LogP contribution in [0.1, 0.15) is 43.4 Å². The summed E-state index contributed by atoms with van der Waals surface area (Å²) in [6.45, 7) is 7.54. The molecule has 0 aliphatic heterocycles. The SMILES string of the molecule is COc1cc(C)c(-c2nc3ccccc3c(=O)n2N=Cc2ccccc2O[C@H](C)C(=O)O)cc1C(C)C. The van der Waals surface area contributed by atoms with Crippen LogP contribution in [-0.2, 0) is 4.79 Å². The Kier molecular flexibility index (Phi) is 7.38. The van der Waals surface area contributed by atoms with Crippen LogP contribution in [0, 0.1) is 6.92 Å². The Balaban J connectivity index is 1.93. The second-order valence-corrected chi connectivity index (χ2v) is 9.01. The molecule has 0 fully saturated rings. The fraction of sp³-hybridized carbons (Fsp3) is 0.241. The largest absolute Gasteiger partial charge is 0.496 e. The first-order valence-corrected chi connectivity index (χ1v) is 11.9. The van der Waals surface area contributed by atoms with E-state index in [1.807, 2.05) is 25.1 Å². The van der Waals surface area contributed by atoms with Crippen molar-refractivity contribution in [2.24, 2.45) is 5.10 Å². The van der Waals surface area contributed by atoms with Crippen molar-refractivity contribution in [3.05, 3.63) is 87.7 Å². The van der Waals surface area contributed by atoms with Crippen molar-refractivity contribution < 1.29 is 19.4 Å². The summed E-state index contributed by atoms with van der Waals surface area (Å²) in [5.41, 5.74) is 3.39. The van der Waals surface area contributed by atoms with Crippen molar-refractivity contribution >= 4 is 23.1 Å². The van der Waals surface area contributed by atoms with Crippen LogP contribution in [0.15, 0.2) is 70.6 Å². The number of benzene rings is 3. The molecule has 8 heteroatoms. The minimum absolute atomic E-state index is 0.179. The highest BCUT2D eigenvalue weighted by Crippen LogP contribution is 2.34. The normalized spacial score (nSPS) is 12.3. The molecule has 0 radical (unpaired) electrons. The Bertz CT molecular complexity index is 1560. The van der Waals surface area contributed by atoms with Crippen LogP contribution in [0.25, 0.3) is 22.3 Å². The number of hydrogen-bond donors (Lipinski definition) is 1. The Morgan fingerprint density at radius 1 is 1.05 bits per heavy atom. The number of fused-ring (bicyclic) bond motifs is 1. The lowest BCUT2D eigenvalue weighted by Gasteiger charge is -2.17. The van der Waals surface area contributed by atoms with E-state index in [1.165, 1.54) is 17.8 Å².